The number of halogens is 1. The number of nitrogens with zero attached hydrogens (tertiary/aromatic N) is 4. The summed E-state index contributed by atoms with van der Waals surface area (Å²) in [4.78, 5) is 24.8. The molecule has 1 aliphatic heterocycles. The van der Waals surface area contributed by atoms with Crippen LogP contribution in [0, 0.1) is 6.92 Å². The molecule has 2 heterocycles. The van der Waals surface area contributed by atoms with E-state index in [2.05, 4.69) is 20.2 Å². The van der Waals surface area contributed by atoms with Crippen LogP contribution in [0.25, 0.3) is 0 Å². The van der Waals surface area contributed by atoms with Gasteiger partial charge in [-0.2, -0.15) is 4.98 Å². The fourth-order valence-corrected chi connectivity index (χ4v) is 2.87. The van der Waals surface area contributed by atoms with E-state index in [1.165, 1.54) is 0 Å². The first-order valence-electron chi connectivity index (χ1n) is 8.60. The van der Waals surface area contributed by atoms with E-state index in [0.29, 0.717) is 43.8 Å². The lowest BCUT2D eigenvalue weighted by molar-refractivity contribution is 0.105. The molecule has 1 aromatic heterocycles. The van der Waals surface area contributed by atoms with Crippen LogP contribution in [0.15, 0.2) is 30.3 Å². The van der Waals surface area contributed by atoms with E-state index in [9.17, 15) is 4.79 Å². The first kappa shape index (κ1) is 18.3. The van der Waals surface area contributed by atoms with Crippen LogP contribution in [0.2, 0.25) is 5.02 Å². The molecule has 26 heavy (non-hydrogen) atoms. The Hall–Kier alpha value is -2.54. The van der Waals surface area contributed by atoms with Gasteiger partial charge >= 0.3 is 6.09 Å². The lowest BCUT2D eigenvalue weighted by atomic mass is 10.3. The number of rotatable bonds is 4. The number of benzene rings is 1. The summed E-state index contributed by atoms with van der Waals surface area (Å²) in [7, 11) is 0. The van der Waals surface area contributed by atoms with Gasteiger partial charge in [0.2, 0.25) is 5.95 Å². The Bertz CT molecular complexity index is 761. The van der Waals surface area contributed by atoms with Crippen LogP contribution in [0.3, 0.4) is 0 Å². The van der Waals surface area contributed by atoms with E-state index < -0.39 is 0 Å². The van der Waals surface area contributed by atoms with Gasteiger partial charge in [0.1, 0.15) is 5.82 Å². The third kappa shape index (κ3) is 4.54. The lowest BCUT2D eigenvalue weighted by Crippen LogP contribution is -2.49. The average Bonchev–Trinajstić information content (AvgIpc) is 2.63. The van der Waals surface area contributed by atoms with Gasteiger partial charge in [0, 0.05) is 48.6 Å². The molecule has 8 heteroatoms. The predicted molar refractivity (Wildman–Crippen MR) is 102 cm³/mol. The Labute approximate surface area is 157 Å². The Morgan fingerprint density at radius 1 is 1.19 bits per heavy atom. The number of hydrogen-bond donors (Lipinski definition) is 1. The van der Waals surface area contributed by atoms with Crippen LogP contribution in [-0.4, -0.2) is 53.7 Å². The highest BCUT2D eigenvalue weighted by Gasteiger charge is 2.23. The van der Waals surface area contributed by atoms with E-state index in [1.807, 2.05) is 44.2 Å². The zero-order chi connectivity index (χ0) is 18.5. The third-order valence-corrected chi connectivity index (χ3v) is 4.30. The van der Waals surface area contributed by atoms with Crippen LogP contribution in [0.5, 0.6) is 0 Å². The molecule has 138 valence electrons. The number of ether oxygens (including phenoxy) is 1. The highest BCUT2D eigenvalue weighted by Crippen LogP contribution is 2.21. The first-order valence-corrected chi connectivity index (χ1v) is 8.98. The molecule has 7 nitrogen and oxygen atoms in total. The molecule has 0 bridgehead atoms. The molecular formula is C18H22ClN5O2. The Morgan fingerprint density at radius 2 is 1.88 bits per heavy atom. The second kappa shape index (κ2) is 8.23. The number of carbonyl (C=O) groups excluding carboxylic acids is 1. The smallest absolute Gasteiger partial charge is 0.409 e. The minimum absolute atomic E-state index is 0.262. The number of nitrogens with one attached hydrogen (secondary N) is 1. The predicted octanol–water partition coefficient (Wildman–Crippen LogP) is 3.46. The molecule has 3 rings (SSSR count). The normalized spacial score (nSPS) is 14.3. The van der Waals surface area contributed by atoms with Gasteiger partial charge in [-0.3, -0.25) is 0 Å². The van der Waals surface area contributed by atoms with Crippen molar-refractivity contribution in [2.45, 2.75) is 13.8 Å². The van der Waals surface area contributed by atoms with Gasteiger partial charge in [0.25, 0.3) is 0 Å². The number of carbonyl (C=O) groups is 1. The highest BCUT2D eigenvalue weighted by molar-refractivity contribution is 6.30. The van der Waals surface area contributed by atoms with Gasteiger partial charge in [-0.15, -0.1) is 0 Å². The van der Waals surface area contributed by atoms with Gasteiger partial charge in [0.05, 0.1) is 6.61 Å². The lowest BCUT2D eigenvalue weighted by Gasteiger charge is -2.34. The first-order chi connectivity index (χ1) is 12.5. The summed E-state index contributed by atoms with van der Waals surface area (Å²) in [6.07, 6.45) is -0.262. The second-order valence-corrected chi connectivity index (χ2v) is 6.44. The van der Waals surface area contributed by atoms with E-state index in [-0.39, 0.29) is 6.09 Å². The van der Waals surface area contributed by atoms with Crippen molar-refractivity contribution >= 4 is 35.1 Å². The van der Waals surface area contributed by atoms with Gasteiger partial charge in [-0.1, -0.05) is 11.6 Å². The fraction of sp³-hybridized carbons (Fsp3) is 0.389. The van der Waals surface area contributed by atoms with Crippen molar-refractivity contribution in [3.8, 4) is 0 Å². The van der Waals surface area contributed by atoms with Crippen LogP contribution >= 0.6 is 11.6 Å². The molecule has 1 saturated heterocycles. The van der Waals surface area contributed by atoms with E-state index in [0.717, 1.165) is 17.2 Å². The number of anilines is 3. The van der Waals surface area contributed by atoms with Gasteiger partial charge in [-0.25, -0.2) is 9.78 Å². The molecule has 0 saturated carbocycles. The molecule has 1 amide bonds. The maximum atomic E-state index is 11.8. The van der Waals surface area contributed by atoms with Gasteiger partial charge in [-0.05, 0) is 38.1 Å². The van der Waals surface area contributed by atoms with Gasteiger partial charge < -0.3 is 19.9 Å². The third-order valence-electron chi connectivity index (χ3n) is 4.05. The average molecular weight is 376 g/mol. The zero-order valence-electron chi connectivity index (χ0n) is 14.9. The van der Waals surface area contributed by atoms with E-state index >= 15 is 0 Å². The van der Waals surface area contributed by atoms with E-state index in [4.69, 9.17) is 16.3 Å². The molecule has 1 aromatic carbocycles. The maximum Gasteiger partial charge on any atom is 0.409 e. The number of aryl methyl sites for hydroxylation is 1. The van der Waals surface area contributed by atoms with E-state index in [1.54, 1.807) is 4.90 Å². The van der Waals surface area contributed by atoms with Crippen molar-refractivity contribution in [1.82, 2.24) is 14.9 Å². The zero-order valence-corrected chi connectivity index (χ0v) is 15.7. The number of hydrogen-bond acceptors (Lipinski definition) is 6. The minimum atomic E-state index is -0.262. The second-order valence-electron chi connectivity index (χ2n) is 6.00. The maximum absolute atomic E-state index is 11.8. The Balaban J connectivity index is 1.68. The van der Waals surface area contributed by atoms with Crippen molar-refractivity contribution in [2.24, 2.45) is 0 Å². The molecule has 0 unspecified atom stereocenters. The Morgan fingerprint density at radius 3 is 2.54 bits per heavy atom. The molecule has 1 aliphatic rings. The molecule has 0 spiro atoms. The summed E-state index contributed by atoms with van der Waals surface area (Å²) in [6.45, 7) is 6.66. The SMILES string of the molecule is CCOC(=O)N1CCN(c2nc(C)cc(Nc3ccc(Cl)cc3)n2)CC1. The summed E-state index contributed by atoms with van der Waals surface area (Å²) in [6, 6.07) is 9.35. The van der Waals surface area contributed by atoms with Gasteiger partial charge in [0.15, 0.2) is 0 Å². The summed E-state index contributed by atoms with van der Waals surface area (Å²) >= 11 is 5.92. The summed E-state index contributed by atoms with van der Waals surface area (Å²) in [5.74, 6) is 1.38. The number of aromatic nitrogens is 2. The topological polar surface area (TPSA) is 70.6 Å². The monoisotopic (exact) mass is 375 g/mol. The number of piperazine rings is 1. The summed E-state index contributed by atoms with van der Waals surface area (Å²) < 4.78 is 5.05. The standard InChI is InChI=1S/C18H22ClN5O2/c1-3-26-18(25)24-10-8-23(9-11-24)17-20-13(2)12-16(22-17)21-15-6-4-14(19)5-7-15/h4-7,12H,3,8-11H2,1-2H3,(H,20,21,22). The molecule has 1 N–H and O–H groups in total. The Kier molecular flexibility index (Phi) is 5.78. The van der Waals surface area contributed by atoms with Crippen molar-refractivity contribution in [3.63, 3.8) is 0 Å². The molecule has 0 atom stereocenters. The van der Waals surface area contributed by atoms with Crippen molar-refractivity contribution in [1.29, 1.82) is 0 Å². The van der Waals surface area contributed by atoms with Crippen molar-refractivity contribution in [2.75, 3.05) is 43.0 Å². The molecule has 0 radical (unpaired) electrons. The number of amides is 1. The van der Waals surface area contributed by atoms with Crippen LogP contribution in [0.1, 0.15) is 12.6 Å². The molecular weight excluding hydrogens is 354 g/mol. The molecule has 1 fully saturated rings. The van der Waals surface area contributed by atoms with Crippen LogP contribution in [-0.2, 0) is 4.74 Å². The van der Waals surface area contributed by atoms with Crippen LogP contribution < -0.4 is 10.2 Å². The molecule has 2 aromatic rings. The largest absolute Gasteiger partial charge is 0.450 e. The van der Waals surface area contributed by atoms with Crippen molar-refractivity contribution in [3.05, 3.63) is 41.0 Å². The van der Waals surface area contributed by atoms with Crippen LogP contribution in [0.4, 0.5) is 22.2 Å². The summed E-state index contributed by atoms with van der Waals surface area (Å²) in [5.41, 5.74) is 1.78. The van der Waals surface area contributed by atoms with Crippen molar-refractivity contribution < 1.29 is 9.53 Å². The summed E-state index contributed by atoms with van der Waals surface area (Å²) in [5, 5.41) is 3.96. The fourth-order valence-electron chi connectivity index (χ4n) is 2.74. The highest BCUT2D eigenvalue weighted by atomic mass is 35.5. The minimum Gasteiger partial charge on any atom is -0.450 e. The quantitative estimate of drug-likeness (QED) is 0.882. The molecule has 0 aliphatic carbocycles.